The Bertz CT molecular complexity index is 887. The van der Waals surface area contributed by atoms with E-state index >= 15 is 0 Å². The molecule has 0 bridgehead atoms. The number of rotatable bonds is 6. The maximum atomic E-state index is 12.3. The summed E-state index contributed by atoms with van der Waals surface area (Å²) in [7, 11) is 0. The Hall–Kier alpha value is -3.13. The molecular weight excluding hydrogens is 410 g/mol. The first-order valence-electron chi connectivity index (χ1n) is 10.5. The number of aliphatic hydroxyl groups excluding tert-OH is 1. The smallest absolute Gasteiger partial charge is 0.408 e. The van der Waals surface area contributed by atoms with Crippen molar-refractivity contribution >= 4 is 12.2 Å². The standard InChI is InChI=1S/C24H33N3O5/c1-23(2,3)31-21(29)26-15-19(27-22(30)32-24(4,5)6)20(28)17-12-13-18(25-14-17)16-10-8-7-9-11-16/h7-14,19-20,28H,15H2,1-6H3,(H,26,29)(H,27,30). The second kappa shape index (κ2) is 10.5. The first-order valence-corrected chi connectivity index (χ1v) is 10.5. The molecule has 2 rings (SSSR count). The summed E-state index contributed by atoms with van der Waals surface area (Å²) >= 11 is 0. The number of hydrogen-bond acceptors (Lipinski definition) is 6. The van der Waals surface area contributed by atoms with Gasteiger partial charge in [0.15, 0.2) is 0 Å². The van der Waals surface area contributed by atoms with Crippen LogP contribution >= 0.6 is 0 Å². The maximum Gasteiger partial charge on any atom is 0.408 e. The van der Waals surface area contributed by atoms with Crippen LogP contribution in [0.25, 0.3) is 11.3 Å². The van der Waals surface area contributed by atoms with E-state index in [9.17, 15) is 14.7 Å². The fourth-order valence-corrected chi connectivity index (χ4v) is 2.80. The molecule has 2 aromatic rings. The van der Waals surface area contributed by atoms with Crippen LogP contribution in [0.2, 0.25) is 0 Å². The zero-order valence-electron chi connectivity index (χ0n) is 19.5. The Kier molecular flexibility index (Phi) is 8.21. The average molecular weight is 444 g/mol. The summed E-state index contributed by atoms with van der Waals surface area (Å²) in [6, 6.07) is 12.3. The van der Waals surface area contributed by atoms with Crippen LogP contribution in [0.5, 0.6) is 0 Å². The third kappa shape index (κ3) is 8.55. The first-order chi connectivity index (χ1) is 14.8. The Morgan fingerprint density at radius 1 is 0.938 bits per heavy atom. The third-order valence-electron chi connectivity index (χ3n) is 4.15. The van der Waals surface area contributed by atoms with Crippen molar-refractivity contribution in [1.29, 1.82) is 0 Å². The molecule has 0 radical (unpaired) electrons. The Morgan fingerprint density at radius 2 is 1.53 bits per heavy atom. The van der Waals surface area contributed by atoms with Gasteiger partial charge in [0.2, 0.25) is 0 Å². The van der Waals surface area contributed by atoms with Crippen LogP contribution in [0.1, 0.15) is 53.2 Å². The molecular formula is C24H33N3O5. The van der Waals surface area contributed by atoms with E-state index in [2.05, 4.69) is 15.6 Å². The Balaban J connectivity index is 2.15. The molecule has 8 heteroatoms. The molecule has 0 saturated heterocycles. The van der Waals surface area contributed by atoms with E-state index in [-0.39, 0.29) is 6.54 Å². The molecule has 1 aromatic carbocycles. The van der Waals surface area contributed by atoms with Crippen LogP contribution in [0.4, 0.5) is 9.59 Å². The highest BCUT2D eigenvalue weighted by Gasteiger charge is 2.27. The number of nitrogens with zero attached hydrogens (tertiary/aromatic N) is 1. The molecule has 0 aliphatic rings. The number of nitrogens with one attached hydrogen (secondary N) is 2. The van der Waals surface area contributed by atoms with Gasteiger partial charge in [0, 0.05) is 23.9 Å². The zero-order valence-corrected chi connectivity index (χ0v) is 19.5. The minimum atomic E-state index is -1.14. The normalized spacial score (nSPS) is 13.6. The molecule has 2 atom stereocenters. The van der Waals surface area contributed by atoms with Crippen LogP contribution in [0.15, 0.2) is 48.7 Å². The molecule has 32 heavy (non-hydrogen) atoms. The van der Waals surface area contributed by atoms with Crippen molar-refractivity contribution < 1.29 is 24.2 Å². The molecule has 0 saturated carbocycles. The van der Waals surface area contributed by atoms with Crippen LogP contribution in [-0.2, 0) is 9.47 Å². The van der Waals surface area contributed by atoms with Crippen molar-refractivity contribution in [3.05, 3.63) is 54.2 Å². The van der Waals surface area contributed by atoms with Crippen LogP contribution in [0, 0.1) is 0 Å². The zero-order chi connectivity index (χ0) is 23.9. The summed E-state index contributed by atoms with van der Waals surface area (Å²) in [5, 5.41) is 16.1. The van der Waals surface area contributed by atoms with Gasteiger partial charge in [-0.1, -0.05) is 36.4 Å². The van der Waals surface area contributed by atoms with Gasteiger partial charge in [-0.3, -0.25) is 4.98 Å². The Labute approximate surface area is 189 Å². The van der Waals surface area contributed by atoms with E-state index < -0.39 is 35.5 Å². The summed E-state index contributed by atoms with van der Waals surface area (Å²) < 4.78 is 10.5. The Morgan fingerprint density at radius 3 is 2.06 bits per heavy atom. The fraction of sp³-hybridized carbons (Fsp3) is 0.458. The fourth-order valence-electron chi connectivity index (χ4n) is 2.80. The van der Waals surface area contributed by atoms with Gasteiger partial charge in [0.1, 0.15) is 17.3 Å². The van der Waals surface area contributed by atoms with Gasteiger partial charge in [-0.15, -0.1) is 0 Å². The quantitative estimate of drug-likeness (QED) is 0.617. The summed E-state index contributed by atoms with van der Waals surface area (Å²) in [5.41, 5.74) is 0.802. The minimum Gasteiger partial charge on any atom is -0.444 e. The van der Waals surface area contributed by atoms with Crippen molar-refractivity contribution in [1.82, 2.24) is 15.6 Å². The molecule has 174 valence electrons. The molecule has 3 N–H and O–H groups in total. The number of benzene rings is 1. The van der Waals surface area contributed by atoms with Crippen molar-refractivity contribution in [3.8, 4) is 11.3 Å². The predicted molar refractivity (Wildman–Crippen MR) is 122 cm³/mol. The number of carbonyl (C=O) groups excluding carboxylic acids is 2. The molecule has 1 heterocycles. The molecule has 0 aliphatic carbocycles. The number of aromatic nitrogens is 1. The van der Waals surface area contributed by atoms with Crippen molar-refractivity contribution in [2.45, 2.75) is 64.9 Å². The monoisotopic (exact) mass is 443 g/mol. The number of amides is 2. The molecule has 1 aromatic heterocycles. The van der Waals surface area contributed by atoms with E-state index in [4.69, 9.17) is 9.47 Å². The highest BCUT2D eigenvalue weighted by molar-refractivity contribution is 5.69. The highest BCUT2D eigenvalue weighted by Crippen LogP contribution is 2.21. The van der Waals surface area contributed by atoms with Crippen molar-refractivity contribution in [2.24, 2.45) is 0 Å². The van der Waals surface area contributed by atoms with Gasteiger partial charge in [0.05, 0.1) is 11.7 Å². The lowest BCUT2D eigenvalue weighted by atomic mass is 10.0. The topological polar surface area (TPSA) is 110 Å². The maximum absolute atomic E-state index is 12.3. The number of pyridine rings is 1. The van der Waals surface area contributed by atoms with E-state index in [0.717, 1.165) is 11.3 Å². The molecule has 2 unspecified atom stereocenters. The lowest BCUT2D eigenvalue weighted by molar-refractivity contribution is 0.0379. The van der Waals surface area contributed by atoms with Gasteiger partial charge in [0.25, 0.3) is 0 Å². The average Bonchev–Trinajstić information content (AvgIpc) is 2.69. The summed E-state index contributed by atoms with van der Waals surface area (Å²) in [6.45, 7) is 10.4. The van der Waals surface area contributed by atoms with E-state index in [1.54, 1.807) is 59.9 Å². The van der Waals surface area contributed by atoms with Gasteiger partial charge in [-0.2, -0.15) is 0 Å². The lowest BCUT2D eigenvalue weighted by Gasteiger charge is -2.27. The van der Waals surface area contributed by atoms with Gasteiger partial charge >= 0.3 is 12.2 Å². The van der Waals surface area contributed by atoms with Crippen molar-refractivity contribution in [3.63, 3.8) is 0 Å². The predicted octanol–water partition coefficient (Wildman–Crippen LogP) is 4.20. The third-order valence-corrected chi connectivity index (χ3v) is 4.15. The van der Waals surface area contributed by atoms with E-state index in [1.165, 1.54) is 0 Å². The number of hydrogen-bond donors (Lipinski definition) is 3. The number of alkyl carbamates (subject to hydrolysis) is 2. The van der Waals surface area contributed by atoms with Crippen LogP contribution < -0.4 is 10.6 Å². The second-order valence-electron chi connectivity index (χ2n) is 9.42. The summed E-state index contributed by atoms with van der Waals surface area (Å²) in [6.07, 6.45) is -0.959. The van der Waals surface area contributed by atoms with Crippen LogP contribution in [-0.4, -0.2) is 46.1 Å². The highest BCUT2D eigenvalue weighted by atomic mass is 16.6. The second-order valence-corrected chi connectivity index (χ2v) is 9.42. The first kappa shape index (κ1) is 25.1. The van der Waals surface area contributed by atoms with E-state index in [1.807, 2.05) is 30.3 Å². The van der Waals surface area contributed by atoms with Gasteiger partial charge < -0.3 is 25.2 Å². The summed E-state index contributed by atoms with van der Waals surface area (Å²) in [4.78, 5) is 28.8. The van der Waals surface area contributed by atoms with Gasteiger partial charge in [-0.25, -0.2) is 9.59 Å². The lowest BCUT2D eigenvalue weighted by Crippen LogP contribution is -2.49. The summed E-state index contributed by atoms with van der Waals surface area (Å²) in [5.74, 6) is 0. The minimum absolute atomic E-state index is 0.0737. The van der Waals surface area contributed by atoms with Crippen LogP contribution in [0.3, 0.4) is 0 Å². The molecule has 8 nitrogen and oxygen atoms in total. The molecule has 0 aliphatic heterocycles. The molecule has 0 spiro atoms. The number of aliphatic hydroxyl groups is 1. The van der Waals surface area contributed by atoms with E-state index in [0.29, 0.717) is 5.56 Å². The molecule has 2 amide bonds. The van der Waals surface area contributed by atoms with Gasteiger partial charge in [-0.05, 0) is 47.6 Å². The largest absolute Gasteiger partial charge is 0.444 e. The molecule has 0 fully saturated rings. The number of carbonyl (C=O) groups is 2. The van der Waals surface area contributed by atoms with Crippen molar-refractivity contribution in [2.75, 3.05) is 6.54 Å². The number of ether oxygens (including phenoxy) is 2. The SMILES string of the molecule is CC(C)(C)OC(=O)NCC(NC(=O)OC(C)(C)C)C(O)c1ccc(-c2ccccc2)nc1.